The van der Waals surface area contributed by atoms with Gasteiger partial charge in [0.25, 0.3) is 0 Å². The first-order valence-corrected chi connectivity index (χ1v) is 6.71. The molecular weight excluding hydrogens is 186 g/mol. The van der Waals surface area contributed by atoms with E-state index in [1.807, 2.05) is 0 Å². The molecule has 2 nitrogen and oxygen atoms in total. The number of unbranched alkanes of at least 4 members (excludes halogenated alkanes) is 1. The van der Waals surface area contributed by atoms with Crippen LogP contribution in [0.2, 0.25) is 0 Å². The largest absolute Gasteiger partial charge is 0.378 e. The van der Waals surface area contributed by atoms with Crippen LogP contribution in [0.3, 0.4) is 0 Å². The van der Waals surface area contributed by atoms with Crippen LogP contribution in [0.5, 0.6) is 0 Å². The average molecular weight is 213 g/mol. The van der Waals surface area contributed by atoms with Gasteiger partial charge in [-0.15, -0.1) is 0 Å². The van der Waals surface area contributed by atoms with Crippen molar-refractivity contribution in [1.29, 1.82) is 0 Å². The normalized spacial score (nSPS) is 26.8. The van der Waals surface area contributed by atoms with Crippen LogP contribution in [-0.2, 0) is 4.74 Å². The summed E-state index contributed by atoms with van der Waals surface area (Å²) in [5, 5.41) is 3.60. The first-order valence-electron chi connectivity index (χ1n) is 6.71. The topological polar surface area (TPSA) is 21.3 Å². The van der Waals surface area contributed by atoms with E-state index in [4.69, 9.17) is 4.74 Å². The van der Waals surface area contributed by atoms with Gasteiger partial charge in [0.2, 0.25) is 0 Å². The molecule has 0 radical (unpaired) electrons. The Kier molecular flexibility index (Phi) is 7.03. The molecule has 0 unspecified atom stereocenters. The Labute approximate surface area is 94.8 Å². The minimum Gasteiger partial charge on any atom is -0.378 e. The van der Waals surface area contributed by atoms with Crippen LogP contribution in [0.4, 0.5) is 0 Å². The van der Waals surface area contributed by atoms with Crippen LogP contribution >= 0.6 is 0 Å². The third kappa shape index (κ3) is 5.53. The first-order chi connectivity index (χ1) is 7.36. The van der Waals surface area contributed by atoms with Crippen molar-refractivity contribution >= 4 is 0 Å². The molecule has 0 aromatic carbocycles. The number of nitrogens with one attached hydrogen (secondary N) is 1. The lowest BCUT2D eigenvalue weighted by Crippen LogP contribution is -2.35. The number of hydrogen-bond donors (Lipinski definition) is 1. The summed E-state index contributed by atoms with van der Waals surface area (Å²) in [4.78, 5) is 0. The fraction of sp³-hybridized carbons (Fsp3) is 1.00. The van der Waals surface area contributed by atoms with E-state index in [2.05, 4.69) is 19.2 Å². The lowest BCUT2D eigenvalue weighted by atomic mass is 9.93. The lowest BCUT2D eigenvalue weighted by molar-refractivity contribution is 0.0211. The van der Waals surface area contributed by atoms with Crippen molar-refractivity contribution in [2.75, 3.05) is 13.2 Å². The van der Waals surface area contributed by atoms with Gasteiger partial charge in [-0.3, -0.25) is 0 Å². The predicted molar refractivity (Wildman–Crippen MR) is 65.2 cm³/mol. The molecule has 1 rings (SSSR count). The van der Waals surface area contributed by atoms with Crippen LogP contribution in [0.25, 0.3) is 0 Å². The van der Waals surface area contributed by atoms with E-state index in [-0.39, 0.29) is 0 Å². The summed E-state index contributed by atoms with van der Waals surface area (Å²) in [5.41, 5.74) is 0. The quantitative estimate of drug-likeness (QED) is 0.656. The molecular formula is C13H27NO. The van der Waals surface area contributed by atoms with Crippen LogP contribution < -0.4 is 5.32 Å². The van der Waals surface area contributed by atoms with Crippen molar-refractivity contribution in [1.82, 2.24) is 5.32 Å². The molecule has 0 heterocycles. The highest BCUT2D eigenvalue weighted by Crippen LogP contribution is 2.21. The zero-order valence-corrected chi connectivity index (χ0v) is 10.4. The highest BCUT2D eigenvalue weighted by Gasteiger charge is 2.20. The smallest absolute Gasteiger partial charge is 0.0576 e. The zero-order chi connectivity index (χ0) is 10.9. The summed E-state index contributed by atoms with van der Waals surface area (Å²) in [5.74, 6) is 0. The van der Waals surface area contributed by atoms with Crippen molar-refractivity contribution in [3.8, 4) is 0 Å². The second-order valence-electron chi connectivity index (χ2n) is 4.65. The van der Waals surface area contributed by atoms with Gasteiger partial charge in [0.1, 0.15) is 0 Å². The van der Waals surface area contributed by atoms with E-state index in [9.17, 15) is 0 Å². The van der Waals surface area contributed by atoms with Crippen molar-refractivity contribution in [2.24, 2.45) is 0 Å². The minimum atomic E-state index is 0.552. The van der Waals surface area contributed by atoms with Gasteiger partial charge in [-0.05, 0) is 45.1 Å². The maximum atomic E-state index is 5.85. The molecule has 0 atom stereocenters. The van der Waals surface area contributed by atoms with Crippen molar-refractivity contribution in [3.63, 3.8) is 0 Å². The van der Waals surface area contributed by atoms with Gasteiger partial charge in [0, 0.05) is 12.6 Å². The molecule has 0 aliphatic heterocycles. The third-order valence-corrected chi connectivity index (χ3v) is 3.21. The zero-order valence-electron chi connectivity index (χ0n) is 10.4. The van der Waals surface area contributed by atoms with Crippen molar-refractivity contribution in [2.45, 2.75) is 70.9 Å². The fourth-order valence-electron chi connectivity index (χ4n) is 2.18. The summed E-state index contributed by atoms with van der Waals surface area (Å²) in [6.45, 7) is 6.58. The van der Waals surface area contributed by atoms with E-state index >= 15 is 0 Å². The molecule has 1 N–H and O–H groups in total. The second-order valence-corrected chi connectivity index (χ2v) is 4.65. The summed E-state index contributed by atoms with van der Waals surface area (Å²) in [7, 11) is 0. The van der Waals surface area contributed by atoms with Gasteiger partial charge in [0.15, 0.2) is 0 Å². The second kappa shape index (κ2) is 8.12. The average Bonchev–Trinajstić information content (AvgIpc) is 2.28. The van der Waals surface area contributed by atoms with E-state index in [0.717, 1.165) is 12.6 Å². The Morgan fingerprint density at radius 2 is 1.80 bits per heavy atom. The monoisotopic (exact) mass is 213 g/mol. The van der Waals surface area contributed by atoms with E-state index in [1.54, 1.807) is 0 Å². The number of hydrogen-bond acceptors (Lipinski definition) is 2. The van der Waals surface area contributed by atoms with Crippen LogP contribution in [0.15, 0.2) is 0 Å². The molecule has 0 aromatic rings. The number of rotatable bonds is 7. The Morgan fingerprint density at radius 1 is 1.07 bits per heavy atom. The predicted octanol–water partition coefficient (Wildman–Crippen LogP) is 3.11. The molecule has 0 spiro atoms. The highest BCUT2D eigenvalue weighted by molar-refractivity contribution is 4.77. The van der Waals surface area contributed by atoms with Gasteiger partial charge in [-0.2, -0.15) is 0 Å². The molecule has 1 aliphatic carbocycles. The molecule has 2 heteroatoms. The van der Waals surface area contributed by atoms with Gasteiger partial charge in [-0.25, -0.2) is 0 Å². The van der Waals surface area contributed by atoms with E-state index in [0.29, 0.717) is 6.10 Å². The Hall–Kier alpha value is -0.0800. The van der Waals surface area contributed by atoms with Crippen LogP contribution in [0, 0.1) is 0 Å². The molecule has 15 heavy (non-hydrogen) atoms. The molecule has 0 bridgehead atoms. The maximum absolute atomic E-state index is 5.85. The first kappa shape index (κ1) is 13.0. The lowest BCUT2D eigenvalue weighted by Gasteiger charge is -2.29. The van der Waals surface area contributed by atoms with Crippen LogP contribution in [-0.4, -0.2) is 25.3 Å². The summed E-state index contributed by atoms with van der Waals surface area (Å²) >= 11 is 0. The van der Waals surface area contributed by atoms with Gasteiger partial charge in [-0.1, -0.05) is 20.3 Å². The highest BCUT2D eigenvalue weighted by atomic mass is 16.5. The van der Waals surface area contributed by atoms with Crippen LogP contribution in [0.1, 0.15) is 58.8 Å². The van der Waals surface area contributed by atoms with Gasteiger partial charge < -0.3 is 10.1 Å². The summed E-state index contributed by atoms with van der Waals surface area (Å²) in [6, 6.07) is 0.760. The van der Waals surface area contributed by atoms with Crippen molar-refractivity contribution < 1.29 is 4.74 Å². The Bertz CT molecular complexity index is 141. The third-order valence-electron chi connectivity index (χ3n) is 3.21. The molecule has 90 valence electrons. The van der Waals surface area contributed by atoms with Gasteiger partial charge >= 0.3 is 0 Å². The SMILES string of the molecule is CCCCOC1CCC(NCCC)CC1. The molecule has 1 fully saturated rings. The Balaban J connectivity index is 2.02. The van der Waals surface area contributed by atoms with E-state index in [1.165, 1.54) is 51.5 Å². The fourth-order valence-corrected chi connectivity index (χ4v) is 2.18. The van der Waals surface area contributed by atoms with E-state index < -0.39 is 0 Å². The molecule has 0 amide bonds. The standard InChI is InChI=1S/C13H27NO/c1-3-5-11-15-13-8-6-12(7-9-13)14-10-4-2/h12-14H,3-11H2,1-2H3. The van der Waals surface area contributed by atoms with Crippen molar-refractivity contribution in [3.05, 3.63) is 0 Å². The van der Waals surface area contributed by atoms with Gasteiger partial charge in [0.05, 0.1) is 6.10 Å². The maximum Gasteiger partial charge on any atom is 0.0576 e. The number of ether oxygens (including phenoxy) is 1. The summed E-state index contributed by atoms with van der Waals surface area (Å²) in [6.07, 6.45) is 9.37. The minimum absolute atomic E-state index is 0.552. The molecule has 0 aromatic heterocycles. The summed E-state index contributed by atoms with van der Waals surface area (Å²) < 4.78 is 5.85. The molecule has 1 aliphatic rings. The molecule has 1 saturated carbocycles. The Morgan fingerprint density at radius 3 is 2.40 bits per heavy atom. The molecule has 0 saturated heterocycles.